The highest BCUT2D eigenvalue weighted by Gasteiger charge is 2.20. The fraction of sp³-hybridized carbons (Fsp3) is 0.917. The quantitative estimate of drug-likeness (QED) is 0.0320. The summed E-state index contributed by atoms with van der Waals surface area (Å²) in [5, 5.41) is 23.4. The molecule has 0 aromatic rings. The summed E-state index contributed by atoms with van der Waals surface area (Å²) in [6.07, 6.45) is 85.1. The van der Waals surface area contributed by atoms with E-state index in [4.69, 9.17) is 4.74 Å². The zero-order valence-electron chi connectivity index (χ0n) is 52.9. The lowest BCUT2D eigenvalue weighted by Crippen LogP contribution is -2.45. The van der Waals surface area contributed by atoms with Gasteiger partial charge in [-0.05, 0) is 57.8 Å². The SMILES string of the molecule is CCCCC/C=C\C/C=C\CCCCCCCC(=O)OCCCCCCCCCCCCCCCCCCCCCCCCCCCCCCC(=O)N[C@@H](CO)[C@H](O)CCCCCCCCCCCCCCCCCCCC. The molecular weight excluding hydrogens is 959 g/mol. The minimum atomic E-state index is -0.662. The molecule has 1 amide bonds. The van der Waals surface area contributed by atoms with Crippen molar-refractivity contribution in [1.29, 1.82) is 0 Å². The van der Waals surface area contributed by atoms with Crippen molar-refractivity contribution in [1.82, 2.24) is 5.32 Å². The summed E-state index contributed by atoms with van der Waals surface area (Å²) in [6, 6.07) is -0.539. The molecule has 6 nitrogen and oxygen atoms in total. The van der Waals surface area contributed by atoms with E-state index in [9.17, 15) is 19.8 Å². The molecular formula is C72H139NO5. The van der Waals surface area contributed by atoms with Crippen LogP contribution in [0.5, 0.6) is 0 Å². The van der Waals surface area contributed by atoms with E-state index in [0.29, 0.717) is 25.9 Å². The lowest BCUT2D eigenvalue weighted by Gasteiger charge is -2.22. The second-order valence-electron chi connectivity index (χ2n) is 24.6. The average molecular weight is 1100 g/mol. The summed E-state index contributed by atoms with van der Waals surface area (Å²) in [7, 11) is 0. The van der Waals surface area contributed by atoms with Crippen LogP contribution in [0, 0.1) is 0 Å². The van der Waals surface area contributed by atoms with Crippen molar-refractivity contribution in [3.63, 3.8) is 0 Å². The first-order valence-corrected chi connectivity index (χ1v) is 35.6. The van der Waals surface area contributed by atoms with Crippen LogP contribution in [-0.2, 0) is 14.3 Å². The number of amides is 1. The number of ether oxygens (including phenoxy) is 1. The van der Waals surface area contributed by atoms with Gasteiger partial charge in [0.25, 0.3) is 0 Å². The van der Waals surface area contributed by atoms with Crippen molar-refractivity contribution in [2.45, 2.75) is 411 Å². The molecule has 0 spiro atoms. The van der Waals surface area contributed by atoms with Crippen molar-refractivity contribution >= 4 is 11.9 Å². The Labute approximate surface area is 488 Å². The maximum absolute atomic E-state index is 12.5. The molecule has 0 aromatic heterocycles. The van der Waals surface area contributed by atoms with Gasteiger partial charge < -0.3 is 20.3 Å². The number of carbonyl (C=O) groups excluding carboxylic acids is 2. The third-order valence-corrected chi connectivity index (χ3v) is 16.8. The molecule has 78 heavy (non-hydrogen) atoms. The molecule has 0 fully saturated rings. The predicted molar refractivity (Wildman–Crippen MR) is 343 cm³/mol. The smallest absolute Gasteiger partial charge is 0.305 e. The maximum Gasteiger partial charge on any atom is 0.305 e. The topological polar surface area (TPSA) is 95.9 Å². The minimum Gasteiger partial charge on any atom is -0.466 e. The predicted octanol–water partition coefficient (Wildman–Crippen LogP) is 22.9. The van der Waals surface area contributed by atoms with Gasteiger partial charge >= 0.3 is 5.97 Å². The Kier molecular flexibility index (Phi) is 66.4. The lowest BCUT2D eigenvalue weighted by molar-refractivity contribution is -0.143. The normalized spacial score (nSPS) is 12.6. The van der Waals surface area contributed by atoms with Gasteiger partial charge in [-0.1, -0.05) is 353 Å². The molecule has 0 radical (unpaired) electrons. The number of unbranched alkanes of at least 4 members (excludes halogenated alkanes) is 52. The van der Waals surface area contributed by atoms with Gasteiger partial charge in [0.2, 0.25) is 5.91 Å². The lowest BCUT2D eigenvalue weighted by atomic mass is 10.0. The Hall–Kier alpha value is -1.66. The number of aliphatic hydroxyl groups is 2. The molecule has 2 atom stereocenters. The number of hydrogen-bond donors (Lipinski definition) is 3. The zero-order chi connectivity index (χ0) is 56.4. The van der Waals surface area contributed by atoms with Gasteiger partial charge in [0, 0.05) is 12.8 Å². The molecule has 0 aliphatic carbocycles. The van der Waals surface area contributed by atoms with Gasteiger partial charge in [0.15, 0.2) is 0 Å². The van der Waals surface area contributed by atoms with Crippen LogP contribution in [0.3, 0.4) is 0 Å². The average Bonchev–Trinajstić information content (AvgIpc) is 3.44. The summed E-state index contributed by atoms with van der Waals surface area (Å²) in [5.41, 5.74) is 0. The Morgan fingerprint density at radius 1 is 0.359 bits per heavy atom. The summed E-state index contributed by atoms with van der Waals surface area (Å²) in [4.78, 5) is 24.6. The number of carbonyl (C=O) groups is 2. The molecule has 0 aliphatic rings. The molecule has 0 rings (SSSR count). The third-order valence-electron chi connectivity index (χ3n) is 16.8. The van der Waals surface area contributed by atoms with Gasteiger partial charge in [0.1, 0.15) is 0 Å². The zero-order valence-corrected chi connectivity index (χ0v) is 52.9. The first-order valence-electron chi connectivity index (χ1n) is 35.6. The number of aliphatic hydroxyl groups excluding tert-OH is 2. The summed E-state index contributed by atoms with van der Waals surface area (Å²) in [5.74, 6) is -0.0225. The van der Waals surface area contributed by atoms with Gasteiger partial charge in [-0.2, -0.15) is 0 Å². The monoisotopic (exact) mass is 1100 g/mol. The van der Waals surface area contributed by atoms with Crippen LogP contribution in [0.25, 0.3) is 0 Å². The van der Waals surface area contributed by atoms with E-state index in [1.807, 2.05) is 0 Å². The van der Waals surface area contributed by atoms with Gasteiger partial charge in [-0.15, -0.1) is 0 Å². The standard InChI is InChI=1S/C72H139NO5/c1-3-5-7-9-11-13-15-17-19-20-33-37-40-44-48-52-56-60-64-70(75)69(68-74)73-71(76)65-61-57-53-49-45-41-38-34-31-29-27-25-23-21-22-24-26-28-30-32-35-39-43-47-51-55-59-63-67-78-72(77)66-62-58-54-50-46-42-36-18-16-14-12-10-8-6-4-2/h12,14,18,36,69-70,74-75H,3-11,13,15-17,19-35,37-68H2,1-2H3,(H,73,76)/b14-12-,36-18-/t69-,70+/m0/s1. The van der Waals surface area contributed by atoms with Crippen molar-refractivity contribution in [2.24, 2.45) is 0 Å². The van der Waals surface area contributed by atoms with E-state index in [1.165, 1.54) is 315 Å². The highest BCUT2D eigenvalue weighted by Crippen LogP contribution is 2.19. The van der Waals surface area contributed by atoms with Crippen LogP contribution in [0.15, 0.2) is 24.3 Å². The fourth-order valence-electron chi connectivity index (χ4n) is 11.3. The van der Waals surface area contributed by atoms with E-state index in [1.54, 1.807) is 0 Å². The second-order valence-corrected chi connectivity index (χ2v) is 24.6. The molecule has 0 aliphatic heterocycles. The third kappa shape index (κ3) is 63.5. The van der Waals surface area contributed by atoms with Crippen LogP contribution in [0.1, 0.15) is 399 Å². The van der Waals surface area contributed by atoms with Gasteiger partial charge in [-0.3, -0.25) is 9.59 Å². The number of hydrogen-bond acceptors (Lipinski definition) is 5. The second kappa shape index (κ2) is 67.8. The van der Waals surface area contributed by atoms with E-state index in [2.05, 4.69) is 43.5 Å². The first-order chi connectivity index (χ1) is 38.5. The van der Waals surface area contributed by atoms with Gasteiger partial charge in [0.05, 0.1) is 25.4 Å². The Morgan fingerprint density at radius 2 is 0.641 bits per heavy atom. The summed E-state index contributed by atoms with van der Waals surface area (Å²) >= 11 is 0. The highest BCUT2D eigenvalue weighted by atomic mass is 16.5. The molecule has 3 N–H and O–H groups in total. The van der Waals surface area contributed by atoms with E-state index < -0.39 is 12.1 Å². The van der Waals surface area contributed by atoms with Crippen LogP contribution in [0.2, 0.25) is 0 Å². The van der Waals surface area contributed by atoms with E-state index >= 15 is 0 Å². The number of allylic oxidation sites excluding steroid dienone is 4. The largest absolute Gasteiger partial charge is 0.466 e. The van der Waals surface area contributed by atoms with Crippen LogP contribution in [-0.4, -0.2) is 47.4 Å². The van der Waals surface area contributed by atoms with E-state index in [-0.39, 0.29) is 18.5 Å². The van der Waals surface area contributed by atoms with Crippen molar-refractivity contribution in [3.8, 4) is 0 Å². The van der Waals surface area contributed by atoms with E-state index in [0.717, 1.165) is 51.4 Å². The van der Waals surface area contributed by atoms with Crippen LogP contribution >= 0.6 is 0 Å². The minimum absolute atomic E-state index is 0.00548. The molecule has 6 heteroatoms. The van der Waals surface area contributed by atoms with Crippen LogP contribution in [0.4, 0.5) is 0 Å². The summed E-state index contributed by atoms with van der Waals surface area (Å²) in [6.45, 7) is 4.96. The molecule has 0 heterocycles. The Bertz CT molecular complexity index is 1220. The molecule has 0 saturated heterocycles. The van der Waals surface area contributed by atoms with Crippen molar-refractivity contribution in [2.75, 3.05) is 13.2 Å². The molecule has 0 saturated carbocycles. The number of esters is 1. The Balaban J connectivity index is 3.34. The maximum atomic E-state index is 12.5. The Morgan fingerprint density at radius 3 is 1.00 bits per heavy atom. The number of rotatable bonds is 67. The molecule has 462 valence electrons. The van der Waals surface area contributed by atoms with Crippen molar-refractivity contribution < 1.29 is 24.5 Å². The first kappa shape index (κ1) is 76.3. The summed E-state index contributed by atoms with van der Waals surface area (Å²) < 4.78 is 5.49. The van der Waals surface area contributed by atoms with Gasteiger partial charge in [-0.25, -0.2) is 0 Å². The fourth-order valence-corrected chi connectivity index (χ4v) is 11.3. The van der Waals surface area contributed by atoms with Crippen LogP contribution < -0.4 is 5.32 Å². The molecule has 0 aromatic carbocycles. The number of nitrogens with one attached hydrogen (secondary N) is 1. The molecule has 0 unspecified atom stereocenters. The highest BCUT2D eigenvalue weighted by molar-refractivity contribution is 5.76. The van der Waals surface area contributed by atoms with Crippen molar-refractivity contribution in [3.05, 3.63) is 24.3 Å². The molecule has 0 bridgehead atoms.